The predicted octanol–water partition coefficient (Wildman–Crippen LogP) is 3.11. The third-order valence-electron chi connectivity index (χ3n) is 5.62. The number of aromatic amines is 1. The predicted molar refractivity (Wildman–Crippen MR) is 105 cm³/mol. The molecule has 0 aliphatic carbocycles. The van der Waals surface area contributed by atoms with Crippen LogP contribution in [0.4, 0.5) is 0 Å². The molecule has 1 aromatic carbocycles. The van der Waals surface area contributed by atoms with E-state index >= 15 is 0 Å². The van der Waals surface area contributed by atoms with E-state index in [4.69, 9.17) is 0 Å². The number of pyridine rings is 1. The van der Waals surface area contributed by atoms with E-state index in [1.807, 2.05) is 36.9 Å². The van der Waals surface area contributed by atoms with Crippen LogP contribution in [-0.4, -0.2) is 48.8 Å². The molecule has 138 valence electrons. The number of likely N-dealkylation sites (tertiary alicyclic amines) is 1. The van der Waals surface area contributed by atoms with Crippen LogP contribution in [0.5, 0.6) is 0 Å². The van der Waals surface area contributed by atoms with Crippen molar-refractivity contribution < 1.29 is 5.11 Å². The fourth-order valence-electron chi connectivity index (χ4n) is 4.24. The average Bonchev–Trinajstić information content (AvgIpc) is 3.35. The third kappa shape index (κ3) is 3.01. The maximum absolute atomic E-state index is 10.8. The number of piperidine rings is 1. The molecule has 1 saturated heterocycles. The van der Waals surface area contributed by atoms with Crippen LogP contribution in [0.15, 0.2) is 55.1 Å². The summed E-state index contributed by atoms with van der Waals surface area (Å²) in [4.78, 5) is 14.4. The maximum atomic E-state index is 10.8. The second-order valence-corrected chi connectivity index (χ2v) is 7.35. The standard InChI is InChI=1S/C21H23N5O/c27-19(11-15-5-2-1-3-6-15)25-10-4-7-16(13-25)26-14-24-18-12-23-21-17(20(18)26)8-9-22-21/h1-3,5-6,8-9,12,14,16,19,27H,4,7,10-11,13H2,(H,22,23). The Bertz CT molecular complexity index is 1050. The Balaban J connectivity index is 1.41. The Labute approximate surface area is 157 Å². The molecule has 0 radical (unpaired) electrons. The van der Waals surface area contributed by atoms with Crippen LogP contribution in [-0.2, 0) is 6.42 Å². The second-order valence-electron chi connectivity index (χ2n) is 7.35. The van der Waals surface area contributed by atoms with Crippen molar-refractivity contribution in [3.63, 3.8) is 0 Å². The van der Waals surface area contributed by atoms with Crippen LogP contribution < -0.4 is 0 Å². The minimum absolute atomic E-state index is 0.301. The lowest BCUT2D eigenvalue weighted by Gasteiger charge is -2.36. The van der Waals surface area contributed by atoms with Gasteiger partial charge in [0.05, 0.1) is 18.0 Å². The molecule has 27 heavy (non-hydrogen) atoms. The number of nitrogens with one attached hydrogen (secondary N) is 1. The van der Waals surface area contributed by atoms with Crippen molar-refractivity contribution in [1.82, 2.24) is 24.4 Å². The third-order valence-corrected chi connectivity index (χ3v) is 5.62. The van der Waals surface area contributed by atoms with E-state index in [0.29, 0.717) is 12.5 Å². The first-order valence-electron chi connectivity index (χ1n) is 9.54. The second kappa shape index (κ2) is 6.79. The average molecular weight is 361 g/mol. The Morgan fingerprint density at radius 1 is 1.19 bits per heavy atom. The van der Waals surface area contributed by atoms with Crippen molar-refractivity contribution in [2.75, 3.05) is 13.1 Å². The lowest BCUT2D eigenvalue weighted by Crippen LogP contribution is -2.44. The first-order chi connectivity index (χ1) is 13.3. The van der Waals surface area contributed by atoms with Crippen molar-refractivity contribution in [1.29, 1.82) is 0 Å². The fourth-order valence-corrected chi connectivity index (χ4v) is 4.24. The molecule has 6 heteroatoms. The molecule has 2 unspecified atom stereocenters. The summed E-state index contributed by atoms with van der Waals surface area (Å²) in [6.45, 7) is 1.76. The lowest BCUT2D eigenvalue weighted by molar-refractivity contribution is -0.0186. The number of benzene rings is 1. The molecule has 3 aromatic heterocycles. The van der Waals surface area contributed by atoms with Gasteiger partial charge in [0.2, 0.25) is 0 Å². The molecule has 1 aliphatic heterocycles. The number of hydrogen-bond donors (Lipinski definition) is 2. The number of H-pyrrole nitrogens is 1. The highest BCUT2D eigenvalue weighted by molar-refractivity contribution is 6.00. The summed E-state index contributed by atoms with van der Waals surface area (Å²) in [5.41, 5.74) is 4.11. The summed E-state index contributed by atoms with van der Waals surface area (Å²) in [5, 5.41) is 11.9. The van der Waals surface area contributed by atoms with Crippen molar-refractivity contribution in [3.8, 4) is 0 Å². The van der Waals surface area contributed by atoms with Gasteiger partial charge in [0.1, 0.15) is 17.4 Å². The molecule has 1 aliphatic rings. The minimum atomic E-state index is -0.459. The summed E-state index contributed by atoms with van der Waals surface area (Å²) in [5.74, 6) is 0. The zero-order chi connectivity index (χ0) is 18.2. The molecule has 0 bridgehead atoms. The van der Waals surface area contributed by atoms with Crippen molar-refractivity contribution in [2.45, 2.75) is 31.5 Å². The van der Waals surface area contributed by atoms with E-state index in [-0.39, 0.29) is 0 Å². The number of rotatable bonds is 4. The summed E-state index contributed by atoms with van der Waals surface area (Å²) in [7, 11) is 0. The van der Waals surface area contributed by atoms with Crippen LogP contribution in [0.2, 0.25) is 0 Å². The van der Waals surface area contributed by atoms with Gasteiger partial charge >= 0.3 is 0 Å². The SMILES string of the molecule is OC(Cc1ccccc1)N1CCCC(n2cnc3cnc4[nH]ccc4c32)C1. The molecule has 0 saturated carbocycles. The first kappa shape index (κ1) is 16.5. The molecule has 4 heterocycles. The largest absolute Gasteiger partial charge is 0.378 e. The van der Waals surface area contributed by atoms with E-state index in [1.54, 1.807) is 0 Å². The number of fused-ring (bicyclic) bond motifs is 3. The molecule has 6 nitrogen and oxygen atoms in total. The highest BCUT2D eigenvalue weighted by Gasteiger charge is 2.27. The molecule has 0 amide bonds. The number of hydrogen-bond acceptors (Lipinski definition) is 4. The van der Waals surface area contributed by atoms with E-state index in [2.05, 4.69) is 42.6 Å². The smallest absolute Gasteiger partial charge is 0.139 e. The van der Waals surface area contributed by atoms with Gasteiger partial charge in [0.25, 0.3) is 0 Å². The summed E-state index contributed by atoms with van der Waals surface area (Å²) >= 11 is 0. The molecule has 5 rings (SSSR count). The van der Waals surface area contributed by atoms with Gasteiger partial charge in [-0.2, -0.15) is 0 Å². The Hall–Kier alpha value is -2.70. The van der Waals surface area contributed by atoms with Crippen LogP contribution >= 0.6 is 0 Å². The number of aromatic nitrogens is 4. The quantitative estimate of drug-likeness (QED) is 0.586. The normalized spacial score (nSPS) is 19.7. The van der Waals surface area contributed by atoms with E-state index in [9.17, 15) is 5.11 Å². The van der Waals surface area contributed by atoms with Gasteiger partial charge in [-0.25, -0.2) is 9.97 Å². The van der Waals surface area contributed by atoms with Gasteiger partial charge in [-0.05, 0) is 24.5 Å². The van der Waals surface area contributed by atoms with E-state index in [1.165, 1.54) is 5.56 Å². The van der Waals surface area contributed by atoms with Gasteiger partial charge in [0.15, 0.2) is 0 Å². The van der Waals surface area contributed by atoms with Gasteiger partial charge in [-0.15, -0.1) is 0 Å². The topological polar surface area (TPSA) is 70.0 Å². The van der Waals surface area contributed by atoms with Gasteiger partial charge in [-0.1, -0.05) is 30.3 Å². The highest BCUT2D eigenvalue weighted by Crippen LogP contribution is 2.30. The summed E-state index contributed by atoms with van der Waals surface area (Å²) in [6, 6.07) is 12.6. The van der Waals surface area contributed by atoms with Crippen LogP contribution in [0.3, 0.4) is 0 Å². The van der Waals surface area contributed by atoms with Gasteiger partial charge in [0, 0.05) is 37.1 Å². The number of nitrogens with zero attached hydrogens (tertiary/aromatic N) is 4. The maximum Gasteiger partial charge on any atom is 0.139 e. The molecule has 2 N–H and O–H groups in total. The highest BCUT2D eigenvalue weighted by atomic mass is 16.3. The molecule has 2 atom stereocenters. The van der Waals surface area contributed by atoms with Crippen LogP contribution in [0, 0.1) is 0 Å². The Morgan fingerprint density at radius 3 is 2.96 bits per heavy atom. The fraction of sp³-hybridized carbons (Fsp3) is 0.333. The molecule has 0 spiro atoms. The summed E-state index contributed by atoms with van der Waals surface area (Å²) < 4.78 is 2.27. The lowest BCUT2D eigenvalue weighted by atomic mass is 10.0. The van der Waals surface area contributed by atoms with Crippen LogP contribution in [0.25, 0.3) is 22.1 Å². The van der Waals surface area contributed by atoms with Crippen molar-refractivity contribution >= 4 is 22.1 Å². The number of aliphatic hydroxyl groups excluding tert-OH is 1. The Kier molecular flexibility index (Phi) is 4.14. The molecule has 1 fully saturated rings. The molecular weight excluding hydrogens is 338 g/mol. The molecular formula is C21H23N5O. The zero-order valence-electron chi connectivity index (χ0n) is 15.1. The van der Waals surface area contributed by atoms with Crippen molar-refractivity contribution in [3.05, 3.63) is 60.7 Å². The molecule has 4 aromatic rings. The van der Waals surface area contributed by atoms with Gasteiger partial charge in [-0.3, -0.25) is 4.90 Å². The summed E-state index contributed by atoms with van der Waals surface area (Å²) in [6.07, 6.45) is 8.03. The van der Waals surface area contributed by atoms with Crippen LogP contribution in [0.1, 0.15) is 24.4 Å². The van der Waals surface area contributed by atoms with E-state index < -0.39 is 6.23 Å². The minimum Gasteiger partial charge on any atom is -0.378 e. The monoisotopic (exact) mass is 361 g/mol. The Morgan fingerprint density at radius 2 is 2.07 bits per heavy atom. The van der Waals surface area contributed by atoms with Crippen molar-refractivity contribution in [2.24, 2.45) is 0 Å². The number of imidazole rings is 1. The van der Waals surface area contributed by atoms with Gasteiger partial charge < -0.3 is 14.7 Å². The van der Waals surface area contributed by atoms with E-state index in [0.717, 1.165) is 48.0 Å². The number of aliphatic hydroxyl groups is 1. The zero-order valence-corrected chi connectivity index (χ0v) is 15.1. The first-order valence-corrected chi connectivity index (χ1v) is 9.54.